The van der Waals surface area contributed by atoms with Gasteiger partial charge >= 0.3 is 0 Å². The van der Waals surface area contributed by atoms with Crippen LogP contribution in [-0.2, 0) is 12.8 Å². The zero-order chi connectivity index (χ0) is 13.9. The normalized spacial score (nSPS) is 14.9. The molecule has 0 aliphatic heterocycles. The van der Waals surface area contributed by atoms with Crippen LogP contribution >= 0.6 is 0 Å². The number of hydrogen-bond acceptors (Lipinski definition) is 2. The molecule has 0 radical (unpaired) electrons. The number of halogens is 1. The zero-order valence-electron chi connectivity index (χ0n) is 11.7. The molecule has 3 rings (SSSR count). The fourth-order valence-corrected chi connectivity index (χ4v) is 2.84. The van der Waals surface area contributed by atoms with E-state index in [0.29, 0.717) is 0 Å². The molecule has 3 heteroatoms. The lowest BCUT2D eigenvalue weighted by molar-refractivity contribution is 0.614. The third-order valence-electron chi connectivity index (χ3n) is 3.95. The quantitative estimate of drug-likeness (QED) is 0.897. The number of anilines is 1. The average Bonchev–Trinajstić information content (AvgIpc) is 2.93. The Morgan fingerprint density at radius 2 is 2.05 bits per heavy atom. The molecular weight excluding hydrogens is 251 g/mol. The van der Waals surface area contributed by atoms with E-state index in [2.05, 4.69) is 35.4 Å². The van der Waals surface area contributed by atoms with Crippen LogP contribution in [0.2, 0.25) is 0 Å². The maximum absolute atomic E-state index is 12.9. The standard InChI is InChI=1S/C17H19FN2/c1-2-16(17-9-7-14(18)11-19-17)20-15-8-6-12-4-3-5-13(12)10-15/h6-11,16,20H,2-5H2,1H3. The van der Waals surface area contributed by atoms with Gasteiger partial charge in [0.15, 0.2) is 0 Å². The first-order valence-corrected chi connectivity index (χ1v) is 7.26. The topological polar surface area (TPSA) is 24.9 Å². The van der Waals surface area contributed by atoms with E-state index in [4.69, 9.17) is 0 Å². The van der Waals surface area contributed by atoms with Gasteiger partial charge in [-0.2, -0.15) is 0 Å². The summed E-state index contributed by atoms with van der Waals surface area (Å²) in [5, 5.41) is 3.51. The molecule has 0 amide bonds. The van der Waals surface area contributed by atoms with Crippen molar-refractivity contribution in [2.24, 2.45) is 0 Å². The number of benzene rings is 1. The first-order chi connectivity index (χ1) is 9.76. The monoisotopic (exact) mass is 270 g/mol. The van der Waals surface area contributed by atoms with E-state index in [1.165, 1.54) is 42.7 Å². The summed E-state index contributed by atoms with van der Waals surface area (Å²) in [5.74, 6) is -0.291. The van der Waals surface area contributed by atoms with E-state index in [0.717, 1.165) is 17.8 Å². The summed E-state index contributed by atoms with van der Waals surface area (Å²) in [5.41, 5.74) is 4.94. The molecule has 1 aromatic carbocycles. The summed E-state index contributed by atoms with van der Waals surface area (Å²) in [7, 11) is 0. The minimum absolute atomic E-state index is 0.120. The second-order valence-corrected chi connectivity index (χ2v) is 5.34. The van der Waals surface area contributed by atoms with E-state index >= 15 is 0 Å². The van der Waals surface area contributed by atoms with Crippen molar-refractivity contribution in [3.63, 3.8) is 0 Å². The summed E-state index contributed by atoms with van der Waals surface area (Å²) in [6.45, 7) is 2.11. The van der Waals surface area contributed by atoms with E-state index in [9.17, 15) is 4.39 Å². The van der Waals surface area contributed by atoms with Gasteiger partial charge in [0, 0.05) is 5.69 Å². The fourth-order valence-electron chi connectivity index (χ4n) is 2.84. The molecule has 2 aromatic rings. The number of nitrogens with zero attached hydrogens (tertiary/aromatic N) is 1. The molecular formula is C17H19FN2. The smallest absolute Gasteiger partial charge is 0.141 e. The molecule has 0 fully saturated rings. The van der Waals surface area contributed by atoms with Crippen LogP contribution in [0.15, 0.2) is 36.5 Å². The minimum atomic E-state index is -0.291. The van der Waals surface area contributed by atoms with Crippen molar-refractivity contribution in [3.8, 4) is 0 Å². The van der Waals surface area contributed by atoms with Crippen LogP contribution in [0.4, 0.5) is 10.1 Å². The van der Waals surface area contributed by atoms with Crippen LogP contribution in [0, 0.1) is 5.82 Å². The van der Waals surface area contributed by atoms with Gasteiger partial charge in [-0.1, -0.05) is 13.0 Å². The van der Waals surface area contributed by atoms with Gasteiger partial charge < -0.3 is 5.32 Å². The van der Waals surface area contributed by atoms with E-state index in [1.54, 1.807) is 6.07 Å². The predicted molar refractivity (Wildman–Crippen MR) is 79.3 cm³/mol. The van der Waals surface area contributed by atoms with E-state index < -0.39 is 0 Å². The lowest BCUT2D eigenvalue weighted by Crippen LogP contribution is -2.11. The maximum atomic E-state index is 12.9. The molecule has 1 atom stereocenters. The van der Waals surface area contributed by atoms with Crippen molar-refractivity contribution < 1.29 is 4.39 Å². The van der Waals surface area contributed by atoms with Crippen molar-refractivity contribution in [1.29, 1.82) is 0 Å². The molecule has 2 nitrogen and oxygen atoms in total. The summed E-state index contributed by atoms with van der Waals surface area (Å²) >= 11 is 0. The highest BCUT2D eigenvalue weighted by Crippen LogP contribution is 2.27. The summed E-state index contributed by atoms with van der Waals surface area (Å²) in [6, 6.07) is 9.94. The molecule has 20 heavy (non-hydrogen) atoms. The van der Waals surface area contributed by atoms with Crippen LogP contribution in [0.3, 0.4) is 0 Å². The molecule has 104 valence electrons. The Morgan fingerprint density at radius 1 is 1.20 bits per heavy atom. The predicted octanol–water partition coefficient (Wildman–Crippen LogP) is 4.27. The number of aromatic nitrogens is 1. The Labute approximate surface area is 119 Å². The molecule has 1 N–H and O–H groups in total. The Morgan fingerprint density at radius 3 is 2.80 bits per heavy atom. The summed E-state index contributed by atoms with van der Waals surface area (Å²) in [6.07, 6.45) is 5.83. The molecule has 1 heterocycles. The molecule has 0 saturated carbocycles. The fraction of sp³-hybridized carbons (Fsp3) is 0.353. The molecule has 0 spiro atoms. The van der Waals surface area contributed by atoms with Gasteiger partial charge in [-0.05, 0) is 61.1 Å². The lowest BCUT2D eigenvalue weighted by Gasteiger charge is -2.18. The van der Waals surface area contributed by atoms with E-state index in [1.807, 2.05) is 0 Å². The summed E-state index contributed by atoms with van der Waals surface area (Å²) in [4.78, 5) is 4.18. The maximum Gasteiger partial charge on any atom is 0.141 e. The van der Waals surface area contributed by atoms with Crippen LogP contribution < -0.4 is 5.32 Å². The first kappa shape index (κ1) is 13.1. The molecule has 1 aliphatic carbocycles. The number of hydrogen-bond donors (Lipinski definition) is 1. The van der Waals surface area contributed by atoms with Crippen LogP contribution in [0.25, 0.3) is 0 Å². The first-order valence-electron chi connectivity index (χ1n) is 7.26. The molecule has 1 aromatic heterocycles. The molecule has 1 unspecified atom stereocenters. The second kappa shape index (κ2) is 5.61. The number of pyridine rings is 1. The van der Waals surface area contributed by atoms with Crippen LogP contribution in [-0.4, -0.2) is 4.98 Å². The Balaban J connectivity index is 1.79. The molecule has 0 saturated heterocycles. The van der Waals surface area contributed by atoms with Gasteiger partial charge in [-0.25, -0.2) is 4.39 Å². The number of nitrogens with one attached hydrogen (secondary N) is 1. The van der Waals surface area contributed by atoms with Gasteiger partial charge in [0.25, 0.3) is 0 Å². The molecule has 1 aliphatic rings. The largest absolute Gasteiger partial charge is 0.377 e. The van der Waals surface area contributed by atoms with Crippen molar-refractivity contribution in [2.45, 2.75) is 38.6 Å². The van der Waals surface area contributed by atoms with Crippen molar-refractivity contribution in [3.05, 3.63) is 59.2 Å². The lowest BCUT2D eigenvalue weighted by atomic mass is 10.1. The minimum Gasteiger partial charge on any atom is -0.377 e. The highest BCUT2D eigenvalue weighted by atomic mass is 19.1. The number of aryl methyl sites for hydroxylation is 2. The highest BCUT2D eigenvalue weighted by molar-refractivity contribution is 5.51. The van der Waals surface area contributed by atoms with Gasteiger partial charge in [-0.15, -0.1) is 0 Å². The van der Waals surface area contributed by atoms with Crippen LogP contribution in [0.1, 0.15) is 42.6 Å². The zero-order valence-corrected chi connectivity index (χ0v) is 11.7. The SMILES string of the molecule is CCC(Nc1ccc2c(c1)CCC2)c1ccc(F)cn1. The number of fused-ring (bicyclic) bond motifs is 1. The van der Waals surface area contributed by atoms with Gasteiger partial charge in [0.1, 0.15) is 5.82 Å². The van der Waals surface area contributed by atoms with Gasteiger partial charge in [0.2, 0.25) is 0 Å². The Kier molecular flexibility index (Phi) is 3.68. The summed E-state index contributed by atoms with van der Waals surface area (Å²) < 4.78 is 12.9. The second-order valence-electron chi connectivity index (χ2n) is 5.34. The molecule has 0 bridgehead atoms. The highest BCUT2D eigenvalue weighted by Gasteiger charge is 2.14. The average molecular weight is 270 g/mol. The number of rotatable bonds is 4. The van der Waals surface area contributed by atoms with Crippen LogP contribution in [0.5, 0.6) is 0 Å². The Hall–Kier alpha value is -1.90. The van der Waals surface area contributed by atoms with Crippen molar-refractivity contribution in [2.75, 3.05) is 5.32 Å². The van der Waals surface area contributed by atoms with Crippen molar-refractivity contribution >= 4 is 5.69 Å². The van der Waals surface area contributed by atoms with Gasteiger partial charge in [-0.3, -0.25) is 4.98 Å². The third-order valence-corrected chi connectivity index (χ3v) is 3.95. The Bertz CT molecular complexity index is 592. The van der Waals surface area contributed by atoms with Crippen molar-refractivity contribution in [1.82, 2.24) is 4.98 Å². The van der Waals surface area contributed by atoms with Gasteiger partial charge in [0.05, 0.1) is 17.9 Å². The van der Waals surface area contributed by atoms with E-state index in [-0.39, 0.29) is 11.9 Å². The third kappa shape index (κ3) is 2.67.